The summed E-state index contributed by atoms with van der Waals surface area (Å²) in [6.45, 7) is 6.41. The van der Waals surface area contributed by atoms with Crippen molar-refractivity contribution in [3.8, 4) is 0 Å². The molecule has 1 rings (SSSR count). The van der Waals surface area contributed by atoms with Crippen LogP contribution in [0.4, 0.5) is 0 Å². The topological polar surface area (TPSA) is 74.6 Å². The first-order valence-electron chi connectivity index (χ1n) is 13.4. The standard InChI is InChI=1S/C27H50O4/c1-4-6-8-10-12-14-16-20-26(24(28)29)21-18-19-23(3)27(26,25(30)31)22-17-15-13-11-9-7-5-2/h23H,4-22H2,1-3H3,(H,28,29)(H,30,31). The Morgan fingerprint density at radius 2 is 1.16 bits per heavy atom. The minimum atomic E-state index is -1.12. The summed E-state index contributed by atoms with van der Waals surface area (Å²) in [6.07, 6.45) is 19.0. The van der Waals surface area contributed by atoms with E-state index >= 15 is 0 Å². The van der Waals surface area contributed by atoms with Crippen molar-refractivity contribution < 1.29 is 19.8 Å². The van der Waals surface area contributed by atoms with Gasteiger partial charge in [0, 0.05) is 0 Å². The molecule has 0 heterocycles. The second-order valence-corrected chi connectivity index (χ2v) is 10.2. The molecule has 31 heavy (non-hydrogen) atoms. The normalized spacial score (nSPS) is 26.1. The highest BCUT2D eigenvalue weighted by atomic mass is 16.4. The summed E-state index contributed by atoms with van der Waals surface area (Å²) in [4.78, 5) is 25.4. The Kier molecular flexibility index (Phi) is 13.4. The molecule has 4 heteroatoms. The molecule has 0 spiro atoms. The van der Waals surface area contributed by atoms with Crippen LogP contribution in [0.3, 0.4) is 0 Å². The van der Waals surface area contributed by atoms with Gasteiger partial charge in [-0.15, -0.1) is 0 Å². The van der Waals surface area contributed by atoms with Crippen LogP contribution < -0.4 is 0 Å². The number of aliphatic carboxylic acids is 2. The number of unbranched alkanes of at least 4 members (excludes halogenated alkanes) is 12. The van der Waals surface area contributed by atoms with E-state index in [4.69, 9.17) is 0 Å². The van der Waals surface area contributed by atoms with Crippen molar-refractivity contribution in [3.63, 3.8) is 0 Å². The van der Waals surface area contributed by atoms with Gasteiger partial charge in [0.05, 0.1) is 10.8 Å². The van der Waals surface area contributed by atoms with Crippen LogP contribution in [-0.2, 0) is 9.59 Å². The van der Waals surface area contributed by atoms with E-state index in [0.29, 0.717) is 19.3 Å². The van der Waals surface area contributed by atoms with Crippen LogP contribution in [0.2, 0.25) is 0 Å². The van der Waals surface area contributed by atoms with E-state index in [1.807, 2.05) is 6.92 Å². The van der Waals surface area contributed by atoms with Crippen LogP contribution in [0, 0.1) is 16.7 Å². The summed E-state index contributed by atoms with van der Waals surface area (Å²) in [5.74, 6) is -1.81. The SMILES string of the molecule is CCCCCCCCCC1(C(=O)O)CCCC(C)C1(CCCCCCCCC)C(=O)O. The number of hydrogen-bond acceptors (Lipinski definition) is 2. The Hall–Kier alpha value is -1.06. The fourth-order valence-corrected chi connectivity index (χ4v) is 6.16. The van der Waals surface area contributed by atoms with E-state index in [9.17, 15) is 19.8 Å². The largest absolute Gasteiger partial charge is 0.481 e. The number of carbonyl (C=O) groups is 2. The summed E-state index contributed by atoms with van der Waals surface area (Å²) in [6, 6.07) is 0. The zero-order valence-corrected chi connectivity index (χ0v) is 20.7. The fraction of sp³-hybridized carbons (Fsp3) is 0.926. The molecule has 0 aliphatic heterocycles. The van der Waals surface area contributed by atoms with E-state index in [2.05, 4.69) is 13.8 Å². The number of carboxylic acids is 2. The Morgan fingerprint density at radius 3 is 1.61 bits per heavy atom. The molecule has 1 aliphatic rings. The second kappa shape index (κ2) is 14.9. The van der Waals surface area contributed by atoms with Gasteiger partial charge >= 0.3 is 11.9 Å². The fourth-order valence-electron chi connectivity index (χ4n) is 6.16. The van der Waals surface area contributed by atoms with E-state index in [1.165, 1.54) is 51.4 Å². The lowest BCUT2D eigenvalue weighted by Crippen LogP contribution is -2.58. The third-order valence-corrected chi connectivity index (χ3v) is 8.11. The van der Waals surface area contributed by atoms with E-state index < -0.39 is 22.8 Å². The zero-order chi connectivity index (χ0) is 23.2. The summed E-state index contributed by atoms with van der Waals surface area (Å²) < 4.78 is 0. The molecule has 0 saturated heterocycles. The molecule has 1 aliphatic carbocycles. The van der Waals surface area contributed by atoms with Crippen molar-refractivity contribution in [1.82, 2.24) is 0 Å². The molecule has 3 unspecified atom stereocenters. The van der Waals surface area contributed by atoms with Crippen LogP contribution in [0.15, 0.2) is 0 Å². The van der Waals surface area contributed by atoms with Gasteiger partial charge in [-0.3, -0.25) is 9.59 Å². The lowest BCUT2D eigenvalue weighted by molar-refractivity contribution is -0.189. The van der Waals surface area contributed by atoms with E-state index in [0.717, 1.165) is 51.4 Å². The molecule has 182 valence electrons. The molecule has 0 aromatic rings. The van der Waals surface area contributed by atoms with Gasteiger partial charge in [0.25, 0.3) is 0 Å². The van der Waals surface area contributed by atoms with Gasteiger partial charge in [-0.2, -0.15) is 0 Å². The lowest BCUT2D eigenvalue weighted by atomic mass is 9.48. The smallest absolute Gasteiger partial charge is 0.311 e. The first-order valence-corrected chi connectivity index (χ1v) is 13.4. The van der Waals surface area contributed by atoms with Gasteiger partial charge in [0.1, 0.15) is 0 Å². The van der Waals surface area contributed by atoms with E-state index in [-0.39, 0.29) is 5.92 Å². The van der Waals surface area contributed by atoms with E-state index in [1.54, 1.807) is 0 Å². The molecular formula is C27H50O4. The van der Waals surface area contributed by atoms with Crippen molar-refractivity contribution >= 4 is 11.9 Å². The van der Waals surface area contributed by atoms with Crippen molar-refractivity contribution in [2.24, 2.45) is 16.7 Å². The minimum Gasteiger partial charge on any atom is -0.481 e. The van der Waals surface area contributed by atoms with Crippen molar-refractivity contribution in [2.75, 3.05) is 0 Å². The monoisotopic (exact) mass is 438 g/mol. The highest BCUT2D eigenvalue weighted by Gasteiger charge is 2.64. The zero-order valence-electron chi connectivity index (χ0n) is 20.7. The molecule has 1 fully saturated rings. The quantitative estimate of drug-likeness (QED) is 0.211. The second-order valence-electron chi connectivity index (χ2n) is 10.2. The van der Waals surface area contributed by atoms with Gasteiger partial charge in [0.15, 0.2) is 0 Å². The number of hydrogen-bond donors (Lipinski definition) is 2. The van der Waals surface area contributed by atoms with Crippen LogP contribution in [0.5, 0.6) is 0 Å². The van der Waals surface area contributed by atoms with Gasteiger partial charge in [-0.25, -0.2) is 0 Å². The predicted molar refractivity (Wildman–Crippen MR) is 128 cm³/mol. The average molecular weight is 439 g/mol. The van der Waals surface area contributed by atoms with Gasteiger partial charge in [-0.05, 0) is 31.6 Å². The Balaban J connectivity index is 2.84. The number of carboxylic acid groups (broad SMARTS) is 2. The maximum absolute atomic E-state index is 12.8. The molecule has 0 bridgehead atoms. The molecule has 2 N–H and O–H groups in total. The van der Waals surface area contributed by atoms with Crippen LogP contribution >= 0.6 is 0 Å². The molecule has 1 saturated carbocycles. The van der Waals surface area contributed by atoms with Gasteiger partial charge in [-0.1, -0.05) is 117 Å². The third kappa shape index (κ3) is 7.49. The lowest BCUT2D eigenvalue weighted by Gasteiger charge is -2.52. The Morgan fingerprint density at radius 1 is 0.710 bits per heavy atom. The molecule has 0 amide bonds. The third-order valence-electron chi connectivity index (χ3n) is 8.11. The first-order chi connectivity index (χ1) is 14.9. The average Bonchev–Trinajstić information content (AvgIpc) is 2.73. The summed E-state index contributed by atoms with van der Waals surface area (Å²) in [7, 11) is 0. The van der Waals surface area contributed by atoms with Crippen LogP contribution in [0.1, 0.15) is 143 Å². The highest BCUT2D eigenvalue weighted by molar-refractivity contribution is 5.87. The Labute approximate surface area is 191 Å². The summed E-state index contributed by atoms with van der Waals surface area (Å²) >= 11 is 0. The van der Waals surface area contributed by atoms with Crippen molar-refractivity contribution in [1.29, 1.82) is 0 Å². The Bertz CT molecular complexity index is 517. The maximum atomic E-state index is 12.8. The maximum Gasteiger partial charge on any atom is 0.311 e. The summed E-state index contributed by atoms with van der Waals surface area (Å²) in [5, 5.41) is 20.9. The van der Waals surface area contributed by atoms with Crippen LogP contribution in [-0.4, -0.2) is 22.2 Å². The van der Waals surface area contributed by atoms with Crippen LogP contribution in [0.25, 0.3) is 0 Å². The van der Waals surface area contributed by atoms with Crippen molar-refractivity contribution in [2.45, 2.75) is 143 Å². The molecule has 4 nitrogen and oxygen atoms in total. The molecule has 0 aromatic carbocycles. The molecule has 0 aromatic heterocycles. The minimum absolute atomic E-state index is 0.0838. The van der Waals surface area contributed by atoms with Crippen molar-refractivity contribution in [3.05, 3.63) is 0 Å². The number of rotatable bonds is 18. The first kappa shape index (κ1) is 28.0. The highest BCUT2D eigenvalue weighted by Crippen LogP contribution is 2.59. The van der Waals surface area contributed by atoms with Gasteiger partial charge in [0.2, 0.25) is 0 Å². The molecule has 0 radical (unpaired) electrons. The van der Waals surface area contributed by atoms with Gasteiger partial charge < -0.3 is 10.2 Å². The molecular weight excluding hydrogens is 388 g/mol. The molecule has 3 atom stereocenters. The summed E-state index contributed by atoms with van der Waals surface area (Å²) in [5.41, 5.74) is -2.23. The predicted octanol–water partition coefficient (Wildman–Crippen LogP) is 8.23.